The average molecular weight is 439 g/mol. The highest BCUT2D eigenvalue weighted by Gasteiger charge is 2.32. The van der Waals surface area contributed by atoms with Gasteiger partial charge < -0.3 is 19.7 Å². The van der Waals surface area contributed by atoms with Crippen LogP contribution >= 0.6 is 24.0 Å². The Morgan fingerprint density at radius 2 is 2.04 bits per heavy atom. The van der Waals surface area contributed by atoms with Crippen molar-refractivity contribution in [3.8, 4) is 0 Å². The fourth-order valence-electron chi connectivity index (χ4n) is 3.10. The maximum atomic E-state index is 5.93. The van der Waals surface area contributed by atoms with Gasteiger partial charge in [-0.1, -0.05) is 13.8 Å². The van der Waals surface area contributed by atoms with E-state index < -0.39 is 0 Å². The third kappa shape index (κ3) is 7.13. The van der Waals surface area contributed by atoms with Crippen LogP contribution < -0.4 is 5.32 Å². The van der Waals surface area contributed by atoms with E-state index in [0.29, 0.717) is 0 Å². The summed E-state index contributed by atoms with van der Waals surface area (Å²) < 4.78 is 11.7. The molecule has 0 spiro atoms. The first-order chi connectivity index (χ1) is 10.7. The molecule has 2 atom stereocenters. The molecule has 23 heavy (non-hydrogen) atoms. The van der Waals surface area contributed by atoms with Crippen molar-refractivity contribution in [3.63, 3.8) is 0 Å². The van der Waals surface area contributed by atoms with Crippen LogP contribution in [0.15, 0.2) is 4.99 Å². The number of morpholine rings is 1. The number of hydrogen-bond donors (Lipinski definition) is 1. The van der Waals surface area contributed by atoms with Crippen LogP contribution in [-0.4, -0.2) is 62.5 Å². The van der Waals surface area contributed by atoms with E-state index in [1.807, 2.05) is 0 Å². The van der Waals surface area contributed by atoms with E-state index in [2.05, 4.69) is 31.0 Å². The molecule has 5 nitrogen and oxygen atoms in total. The van der Waals surface area contributed by atoms with Crippen molar-refractivity contribution in [2.24, 2.45) is 10.9 Å². The van der Waals surface area contributed by atoms with Gasteiger partial charge in [0.15, 0.2) is 5.96 Å². The first kappa shape index (κ1) is 21.0. The highest BCUT2D eigenvalue weighted by molar-refractivity contribution is 14.0. The molecule has 0 aromatic rings. The standard InChI is InChI=1S/C17H33N3O2.HI/c1-4-18-17(19-9-5-7-14(2)3)20-10-12-22-16(13-20)15-8-6-11-21-15;/h14-16H,4-13H2,1-3H3,(H,18,19);1H. The molecule has 0 saturated carbocycles. The van der Waals surface area contributed by atoms with Gasteiger partial charge >= 0.3 is 0 Å². The van der Waals surface area contributed by atoms with Crippen molar-refractivity contribution in [1.82, 2.24) is 10.2 Å². The van der Waals surface area contributed by atoms with E-state index in [9.17, 15) is 0 Å². The minimum atomic E-state index is 0. The molecule has 1 N–H and O–H groups in total. The van der Waals surface area contributed by atoms with Gasteiger partial charge in [-0.05, 0) is 38.5 Å². The Morgan fingerprint density at radius 3 is 2.70 bits per heavy atom. The molecule has 0 aromatic heterocycles. The Bertz CT molecular complexity index is 347. The van der Waals surface area contributed by atoms with Crippen LogP contribution in [0.4, 0.5) is 0 Å². The first-order valence-electron chi connectivity index (χ1n) is 8.97. The minimum Gasteiger partial charge on any atom is -0.375 e. The lowest BCUT2D eigenvalue weighted by atomic mass is 10.1. The Labute approximate surface area is 158 Å². The largest absolute Gasteiger partial charge is 0.375 e. The van der Waals surface area contributed by atoms with E-state index in [0.717, 1.165) is 70.5 Å². The van der Waals surface area contributed by atoms with Gasteiger partial charge in [0, 0.05) is 32.8 Å². The molecule has 0 amide bonds. The Hall–Kier alpha value is -0.0800. The van der Waals surface area contributed by atoms with E-state index >= 15 is 0 Å². The molecular formula is C17H34IN3O2. The number of aliphatic imine (C=N–C) groups is 1. The fourth-order valence-corrected chi connectivity index (χ4v) is 3.10. The number of halogens is 1. The van der Waals surface area contributed by atoms with Gasteiger partial charge in [-0.25, -0.2) is 0 Å². The lowest BCUT2D eigenvalue weighted by Gasteiger charge is -2.37. The number of hydrogen-bond acceptors (Lipinski definition) is 3. The molecule has 6 heteroatoms. The number of nitrogens with one attached hydrogen (secondary N) is 1. The van der Waals surface area contributed by atoms with E-state index in [4.69, 9.17) is 14.5 Å². The van der Waals surface area contributed by atoms with E-state index in [1.54, 1.807) is 0 Å². The number of guanidine groups is 1. The maximum absolute atomic E-state index is 5.93. The molecule has 2 aliphatic heterocycles. The van der Waals surface area contributed by atoms with Gasteiger partial charge in [-0.2, -0.15) is 0 Å². The van der Waals surface area contributed by atoms with Crippen molar-refractivity contribution < 1.29 is 9.47 Å². The number of rotatable bonds is 6. The molecule has 2 aliphatic rings. The summed E-state index contributed by atoms with van der Waals surface area (Å²) in [5.74, 6) is 1.79. The third-order valence-electron chi connectivity index (χ3n) is 4.31. The van der Waals surface area contributed by atoms with Crippen molar-refractivity contribution in [2.45, 2.75) is 58.7 Å². The fraction of sp³-hybridized carbons (Fsp3) is 0.941. The highest BCUT2D eigenvalue weighted by atomic mass is 127. The summed E-state index contributed by atoms with van der Waals surface area (Å²) in [5, 5.41) is 3.43. The van der Waals surface area contributed by atoms with Crippen LogP contribution in [0.3, 0.4) is 0 Å². The molecule has 0 radical (unpaired) electrons. The Kier molecular flexibility index (Phi) is 10.5. The number of nitrogens with zero attached hydrogens (tertiary/aromatic N) is 2. The van der Waals surface area contributed by atoms with Gasteiger partial charge in [0.1, 0.15) is 6.10 Å². The second-order valence-corrected chi connectivity index (χ2v) is 6.68. The molecule has 2 rings (SSSR count). The molecule has 0 aromatic carbocycles. The van der Waals surface area contributed by atoms with Gasteiger partial charge in [-0.3, -0.25) is 4.99 Å². The second-order valence-electron chi connectivity index (χ2n) is 6.68. The smallest absolute Gasteiger partial charge is 0.194 e. The molecular weight excluding hydrogens is 405 g/mol. The second kappa shape index (κ2) is 11.5. The molecule has 2 unspecified atom stereocenters. The van der Waals surface area contributed by atoms with Crippen LogP contribution in [0.1, 0.15) is 46.5 Å². The quantitative estimate of drug-likeness (QED) is 0.299. The van der Waals surface area contributed by atoms with Crippen molar-refractivity contribution in [2.75, 3.05) is 39.4 Å². The summed E-state index contributed by atoms with van der Waals surface area (Å²) in [7, 11) is 0. The molecule has 2 heterocycles. The van der Waals surface area contributed by atoms with Gasteiger partial charge in [0.2, 0.25) is 0 Å². The summed E-state index contributed by atoms with van der Waals surface area (Å²) in [6.07, 6.45) is 5.15. The highest BCUT2D eigenvalue weighted by Crippen LogP contribution is 2.21. The lowest BCUT2D eigenvalue weighted by Crippen LogP contribution is -2.53. The SMILES string of the molecule is CCNC(=NCCCC(C)C)N1CCOC(C2CCCO2)C1.I. The predicted octanol–water partition coefficient (Wildman–Crippen LogP) is 2.89. The Morgan fingerprint density at radius 1 is 1.26 bits per heavy atom. The summed E-state index contributed by atoms with van der Waals surface area (Å²) in [6.45, 7) is 11.9. The van der Waals surface area contributed by atoms with Gasteiger partial charge in [-0.15, -0.1) is 24.0 Å². The van der Waals surface area contributed by atoms with E-state index in [1.165, 1.54) is 6.42 Å². The van der Waals surface area contributed by atoms with Crippen molar-refractivity contribution in [3.05, 3.63) is 0 Å². The summed E-state index contributed by atoms with van der Waals surface area (Å²) >= 11 is 0. The van der Waals surface area contributed by atoms with Crippen molar-refractivity contribution >= 4 is 29.9 Å². The first-order valence-corrected chi connectivity index (χ1v) is 8.97. The molecule has 0 aliphatic carbocycles. The third-order valence-corrected chi connectivity index (χ3v) is 4.31. The van der Waals surface area contributed by atoms with Crippen LogP contribution in [0.5, 0.6) is 0 Å². The molecule has 2 fully saturated rings. The zero-order valence-corrected chi connectivity index (χ0v) is 17.3. The maximum Gasteiger partial charge on any atom is 0.194 e. The predicted molar refractivity (Wildman–Crippen MR) is 106 cm³/mol. The summed E-state index contributed by atoms with van der Waals surface area (Å²) in [4.78, 5) is 7.15. The normalized spacial score (nSPS) is 25.6. The zero-order chi connectivity index (χ0) is 15.8. The monoisotopic (exact) mass is 439 g/mol. The van der Waals surface area contributed by atoms with Gasteiger partial charge in [0.05, 0.1) is 12.7 Å². The lowest BCUT2D eigenvalue weighted by molar-refractivity contribution is -0.0817. The van der Waals surface area contributed by atoms with Crippen LogP contribution in [0, 0.1) is 5.92 Å². The topological polar surface area (TPSA) is 46.1 Å². The summed E-state index contributed by atoms with van der Waals surface area (Å²) in [5.41, 5.74) is 0. The zero-order valence-electron chi connectivity index (χ0n) is 14.9. The summed E-state index contributed by atoms with van der Waals surface area (Å²) in [6, 6.07) is 0. The van der Waals surface area contributed by atoms with E-state index in [-0.39, 0.29) is 36.2 Å². The van der Waals surface area contributed by atoms with Gasteiger partial charge in [0.25, 0.3) is 0 Å². The molecule has 136 valence electrons. The van der Waals surface area contributed by atoms with Crippen molar-refractivity contribution in [1.29, 1.82) is 0 Å². The van der Waals surface area contributed by atoms with Crippen LogP contribution in [0.25, 0.3) is 0 Å². The van der Waals surface area contributed by atoms with Crippen LogP contribution in [0.2, 0.25) is 0 Å². The number of ether oxygens (including phenoxy) is 2. The minimum absolute atomic E-state index is 0. The molecule has 2 saturated heterocycles. The Balaban J connectivity index is 0.00000264. The van der Waals surface area contributed by atoms with Crippen LogP contribution in [-0.2, 0) is 9.47 Å². The molecule has 0 bridgehead atoms. The average Bonchev–Trinajstić information content (AvgIpc) is 3.05.